The molecule has 0 radical (unpaired) electrons. The molecule has 0 spiro atoms. The van der Waals surface area contributed by atoms with E-state index < -0.39 is 0 Å². The summed E-state index contributed by atoms with van der Waals surface area (Å²) in [5, 5.41) is 2.87. The van der Waals surface area contributed by atoms with E-state index in [0.717, 1.165) is 11.4 Å². The monoisotopic (exact) mass is 265 g/mol. The van der Waals surface area contributed by atoms with Gasteiger partial charge in [-0.1, -0.05) is 13.8 Å². The predicted molar refractivity (Wildman–Crippen MR) is 75.8 cm³/mol. The van der Waals surface area contributed by atoms with Gasteiger partial charge in [0.15, 0.2) is 0 Å². The highest BCUT2D eigenvalue weighted by molar-refractivity contribution is 5.80. The standard InChI is InChI=1S/C13H23N5O/c1-9(2)7-15-12(19)8-18(4)13-16-10(3)5-11(6-14)17-13/h5,9H,6-8,14H2,1-4H3,(H,15,19). The van der Waals surface area contributed by atoms with E-state index in [9.17, 15) is 4.79 Å². The van der Waals surface area contributed by atoms with E-state index in [1.165, 1.54) is 0 Å². The van der Waals surface area contributed by atoms with Gasteiger partial charge in [-0.25, -0.2) is 9.97 Å². The molecule has 1 heterocycles. The largest absolute Gasteiger partial charge is 0.354 e. The molecule has 0 saturated heterocycles. The number of likely N-dealkylation sites (N-methyl/N-ethyl adjacent to an activating group) is 1. The zero-order valence-electron chi connectivity index (χ0n) is 12.1. The molecule has 0 unspecified atom stereocenters. The van der Waals surface area contributed by atoms with E-state index in [1.54, 1.807) is 11.9 Å². The number of nitrogens with one attached hydrogen (secondary N) is 1. The van der Waals surface area contributed by atoms with Crippen LogP contribution in [0, 0.1) is 12.8 Å². The number of aryl methyl sites for hydroxylation is 1. The smallest absolute Gasteiger partial charge is 0.239 e. The van der Waals surface area contributed by atoms with E-state index in [-0.39, 0.29) is 12.5 Å². The molecule has 106 valence electrons. The van der Waals surface area contributed by atoms with Gasteiger partial charge in [0.05, 0.1) is 12.2 Å². The van der Waals surface area contributed by atoms with Crippen molar-refractivity contribution >= 4 is 11.9 Å². The summed E-state index contributed by atoms with van der Waals surface area (Å²) in [5.74, 6) is 0.934. The molecule has 6 nitrogen and oxygen atoms in total. The maximum Gasteiger partial charge on any atom is 0.239 e. The van der Waals surface area contributed by atoms with Crippen LogP contribution < -0.4 is 16.0 Å². The highest BCUT2D eigenvalue weighted by Crippen LogP contribution is 2.08. The molecule has 3 N–H and O–H groups in total. The molecule has 0 aliphatic carbocycles. The van der Waals surface area contributed by atoms with Crippen LogP contribution in [0.1, 0.15) is 25.2 Å². The fraction of sp³-hybridized carbons (Fsp3) is 0.615. The summed E-state index contributed by atoms with van der Waals surface area (Å²) in [6, 6.07) is 1.84. The molecule has 0 aromatic carbocycles. The lowest BCUT2D eigenvalue weighted by Crippen LogP contribution is -2.37. The first-order chi connectivity index (χ1) is 8.92. The number of anilines is 1. The summed E-state index contributed by atoms with van der Waals surface area (Å²) in [6.07, 6.45) is 0. The topological polar surface area (TPSA) is 84.1 Å². The van der Waals surface area contributed by atoms with Gasteiger partial charge in [-0.2, -0.15) is 0 Å². The first-order valence-corrected chi connectivity index (χ1v) is 6.44. The fourth-order valence-electron chi connectivity index (χ4n) is 1.55. The van der Waals surface area contributed by atoms with Gasteiger partial charge >= 0.3 is 0 Å². The van der Waals surface area contributed by atoms with Crippen LogP contribution in [-0.4, -0.2) is 36.0 Å². The Balaban J connectivity index is 2.64. The van der Waals surface area contributed by atoms with Gasteiger partial charge in [0, 0.05) is 25.8 Å². The van der Waals surface area contributed by atoms with Crippen LogP contribution in [0.3, 0.4) is 0 Å². The lowest BCUT2D eigenvalue weighted by Gasteiger charge is -2.18. The molecule has 1 aromatic heterocycles. The van der Waals surface area contributed by atoms with E-state index in [0.29, 0.717) is 25.0 Å². The lowest BCUT2D eigenvalue weighted by atomic mass is 10.2. The Hall–Kier alpha value is -1.69. The average molecular weight is 265 g/mol. The zero-order valence-corrected chi connectivity index (χ0v) is 12.1. The number of carbonyl (C=O) groups excluding carboxylic acids is 1. The van der Waals surface area contributed by atoms with Crippen molar-refractivity contribution in [3.8, 4) is 0 Å². The molecule has 6 heteroatoms. The van der Waals surface area contributed by atoms with Crippen molar-refractivity contribution in [1.29, 1.82) is 0 Å². The number of amides is 1. The quantitative estimate of drug-likeness (QED) is 0.780. The highest BCUT2D eigenvalue weighted by atomic mass is 16.2. The summed E-state index contributed by atoms with van der Waals surface area (Å²) in [4.78, 5) is 22.1. The van der Waals surface area contributed by atoms with Crippen molar-refractivity contribution < 1.29 is 4.79 Å². The average Bonchev–Trinajstić information content (AvgIpc) is 2.35. The van der Waals surface area contributed by atoms with Gasteiger partial charge in [0.1, 0.15) is 0 Å². The normalized spacial score (nSPS) is 10.6. The molecule has 0 aliphatic heterocycles. The van der Waals surface area contributed by atoms with Gasteiger partial charge in [-0.3, -0.25) is 4.79 Å². The molecule has 19 heavy (non-hydrogen) atoms. The van der Waals surface area contributed by atoms with Gasteiger partial charge in [0.25, 0.3) is 0 Å². The van der Waals surface area contributed by atoms with Crippen LogP contribution in [0.5, 0.6) is 0 Å². The Bertz CT molecular complexity index is 433. The predicted octanol–water partition coefficient (Wildman–Crippen LogP) is 0.452. The third-order valence-corrected chi connectivity index (χ3v) is 2.53. The molecule has 0 saturated carbocycles. The maximum atomic E-state index is 11.7. The van der Waals surface area contributed by atoms with E-state index in [4.69, 9.17) is 5.73 Å². The van der Waals surface area contributed by atoms with Crippen molar-refractivity contribution in [3.63, 3.8) is 0 Å². The first-order valence-electron chi connectivity index (χ1n) is 6.44. The van der Waals surface area contributed by atoms with Crippen molar-refractivity contribution in [2.45, 2.75) is 27.3 Å². The van der Waals surface area contributed by atoms with Crippen LogP contribution in [-0.2, 0) is 11.3 Å². The minimum absolute atomic E-state index is 0.0318. The van der Waals surface area contributed by atoms with Crippen LogP contribution in [0.25, 0.3) is 0 Å². The Morgan fingerprint density at radius 1 is 1.47 bits per heavy atom. The third-order valence-electron chi connectivity index (χ3n) is 2.53. The van der Waals surface area contributed by atoms with Gasteiger partial charge in [-0.05, 0) is 18.9 Å². The van der Waals surface area contributed by atoms with Crippen molar-refractivity contribution in [1.82, 2.24) is 15.3 Å². The fourth-order valence-corrected chi connectivity index (χ4v) is 1.55. The third kappa shape index (κ3) is 5.21. The van der Waals surface area contributed by atoms with Crippen molar-refractivity contribution in [2.75, 3.05) is 25.0 Å². The molecular formula is C13H23N5O. The molecule has 0 bridgehead atoms. The number of hydrogen-bond donors (Lipinski definition) is 2. The Labute approximate surface area is 114 Å². The van der Waals surface area contributed by atoms with Crippen molar-refractivity contribution in [2.24, 2.45) is 11.7 Å². The first kappa shape index (κ1) is 15.4. The minimum atomic E-state index is -0.0318. The lowest BCUT2D eigenvalue weighted by molar-refractivity contribution is -0.119. The number of nitrogens with two attached hydrogens (primary N) is 1. The number of rotatable bonds is 6. The van der Waals surface area contributed by atoms with Crippen LogP contribution >= 0.6 is 0 Å². The maximum absolute atomic E-state index is 11.7. The number of hydrogen-bond acceptors (Lipinski definition) is 5. The number of aromatic nitrogens is 2. The van der Waals surface area contributed by atoms with E-state index >= 15 is 0 Å². The number of carbonyl (C=O) groups is 1. The summed E-state index contributed by atoms with van der Waals surface area (Å²) in [6.45, 7) is 7.28. The van der Waals surface area contributed by atoms with Crippen LogP contribution in [0.2, 0.25) is 0 Å². The summed E-state index contributed by atoms with van der Waals surface area (Å²) < 4.78 is 0. The minimum Gasteiger partial charge on any atom is -0.354 e. The SMILES string of the molecule is Cc1cc(CN)nc(N(C)CC(=O)NCC(C)C)n1. The highest BCUT2D eigenvalue weighted by Gasteiger charge is 2.11. The molecular weight excluding hydrogens is 242 g/mol. The van der Waals surface area contributed by atoms with Gasteiger partial charge < -0.3 is 16.0 Å². The van der Waals surface area contributed by atoms with Crippen LogP contribution in [0.15, 0.2) is 6.07 Å². The van der Waals surface area contributed by atoms with Gasteiger partial charge in [-0.15, -0.1) is 0 Å². The molecule has 1 aromatic rings. The summed E-state index contributed by atoms with van der Waals surface area (Å²) in [7, 11) is 1.80. The Kier molecular flexibility index (Phi) is 5.69. The Morgan fingerprint density at radius 3 is 2.74 bits per heavy atom. The summed E-state index contributed by atoms with van der Waals surface area (Å²) in [5.41, 5.74) is 7.20. The second-order valence-corrected chi connectivity index (χ2v) is 5.06. The Morgan fingerprint density at radius 2 is 2.16 bits per heavy atom. The van der Waals surface area contributed by atoms with E-state index in [1.807, 2.05) is 13.0 Å². The van der Waals surface area contributed by atoms with E-state index in [2.05, 4.69) is 29.1 Å². The van der Waals surface area contributed by atoms with Crippen LogP contribution in [0.4, 0.5) is 5.95 Å². The molecule has 1 amide bonds. The molecule has 0 fully saturated rings. The summed E-state index contributed by atoms with van der Waals surface area (Å²) >= 11 is 0. The second kappa shape index (κ2) is 7.04. The molecule has 1 rings (SSSR count). The second-order valence-electron chi connectivity index (χ2n) is 5.06. The molecule has 0 aliphatic rings. The molecule has 0 atom stereocenters. The number of nitrogens with zero attached hydrogens (tertiary/aromatic N) is 3. The van der Waals surface area contributed by atoms with Crippen molar-refractivity contribution in [3.05, 3.63) is 17.5 Å². The zero-order chi connectivity index (χ0) is 14.4. The van der Waals surface area contributed by atoms with Gasteiger partial charge in [0.2, 0.25) is 11.9 Å².